The molecule has 1 aliphatic carbocycles. The Labute approximate surface area is 219 Å². The fourth-order valence-corrected chi connectivity index (χ4v) is 5.82. The highest BCUT2D eigenvalue weighted by atomic mass is 32.2. The number of rotatable bonds is 8. The molecule has 2 aliphatic rings. The quantitative estimate of drug-likeness (QED) is 0.417. The van der Waals surface area contributed by atoms with Crippen LogP contribution >= 0.6 is 0 Å². The molecular formula is C26H29F2N5O4S. The summed E-state index contributed by atoms with van der Waals surface area (Å²) in [4.78, 5) is 23.2. The standard InChI is InChI=1S/C26H29F2N5O4S/c1-14(2)29-5-6-37-24-21(32-38(4,35)36)7-15(12-31-24)17-8-18-20(9-19(17)28)30-13-22-23(18)26(10-16(27)11-26)25(34)33(22)3/h7-9,12-14,16,29,32H,5-6,10-11H2,1-4H3. The van der Waals surface area contributed by atoms with Crippen molar-refractivity contribution in [2.24, 2.45) is 0 Å². The molecule has 3 aromatic rings. The minimum Gasteiger partial charge on any atom is -0.475 e. The van der Waals surface area contributed by atoms with Gasteiger partial charge in [-0.2, -0.15) is 0 Å². The average Bonchev–Trinajstić information content (AvgIpc) is 3.03. The van der Waals surface area contributed by atoms with Crippen LogP contribution in [0.15, 0.2) is 30.6 Å². The molecule has 0 saturated heterocycles. The number of aromatic nitrogens is 2. The van der Waals surface area contributed by atoms with E-state index in [-0.39, 0.29) is 48.5 Å². The highest BCUT2D eigenvalue weighted by Crippen LogP contribution is 2.56. The number of nitrogens with one attached hydrogen (secondary N) is 2. The van der Waals surface area contributed by atoms with Crippen molar-refractivity contribution in [3.8, 4) is 17.0 Å². The van der Waals surface area contributed by atoms with E-state index in [0.717, 1.165) is 6.26 Å². The van der Waals surface area contributed by atoms with Gasteiger partial charge in [0.15, 0.2) is 0 Å². The first kappa shape index (κ1) is 26.2. The molecule has 0 bridgehead atoms. The topological polar surface area (TPSA) is 114 Å². The summed E-state index contributed by atoms with van der Waals surface area (Å²) in [6, 6.07) is 4.54. The molecule has 12 heteroatoms. The summed E-state index contributed by atoms with van der Waals surface area (Å²) in [6.45, 7) is 4.74. The summed E-state index contributed by atoms with van der Waals surface area (Å²) in [5.74, 6) is -0.741. The normalized spacial score (nSPS) is 20.8. The Balaban J connectivity index is 1.59. The average molecular weight is 546 g/mol. The largest absolute Gasteiger partial charge is 0.475 e. The lowest BCUT2D eigenvalue weighted by Crippen LogP contribution is -2.49. The Bertz CT molecular complexity index is 1540. The van der Waals surface area contributed by atoms with E-state index < -0.39 is 27.4 Å². The van der Waals surface area contributed by atoms with Crippen molar-refractivity contribution in [2.45, 2.75) is 44.3 Å². The van der Waals surface area contributed by atoms with E-state index in [1.165, 1.54) is 29.4 Å². The molecule has 1 spiro atoms. The molecule has 5 rings (SSSR count). The van der Waals surface area contributed by atoms with E-state index in [0.29, 0.717) is 34.3 Å². The van der Waals surface area contributed by atoms with Crippen molar-refractivity contribution < 1.29 is 26.7 Å². The predicted molar refractivity (Wildman–Crippen MR) is 141 cm³/mol. The number of carbonyl (C=O) groups is 1. The van der Waals surface area contributed by atoms with Gasteiger partial charge in [-0.25, -0.2) is 22.2 Å². The molecular weight excluding hydrogens is 516 g/mol. The van der Waals surface area contributed by atoms with Gasteiger partial charge >= 0.3 is 0 Å². The Morgan fingerprint density at radius 3 is 2.61 bits per heavy atom. The number of amides is 1. The van der Waals surface area contributed by atoms with Crippen molar-refractivity contribution in [2.75, 3.05) is 36.1 Å². The van der Waals surface area contributed by atoms with Crippen LogP contribution in [0.3, 0.4) is 0 Å². The monoisotopic (exact) mass is 545 g/mol. The van der Waals surface area contributed by atoms with E-state index in [1.807, 2.05) is 13.8 Å². The van der Waals surface area contributed by atoms with Crippen molar-refractivity contribution in [1.29, 1.82) is 0 Å². The smallest absolute Gasteiger partial charge is 0.238 e. The first-order chi connectivity index (χ1) is 17.9. The van der Waals surface area contributed by atoms with Crippen LogP contribution < -0.4 is 19.7 Å². The summed E-state index contributed by atoms with van der Waals surface area (Å²) >= 11 is 0. The summed E-state index contributed by atoms with van der Waals surface area (Å²) < 4.78 is 61.6. The van der Waals surface area contributed by atoms with E-state index in [2.05, 4.69) is 20.0 Å². The van der Waals surface area contributed by atoms with Crippen LogP contribution in [-0.2, 0) is 20.2 Å². The minimum atomic E-state index is -3.69. The third kappa shape index (κ3) is 4.55. The second kappa shape index (κ2) is 9.42. The van der Waals surface area contributed by atoms with Crippen molar-refractivity contribution in [3.63, 3.8) is 0 Å². The van der Waals surface area contributed by atoms with Crippen LogP contribution in [0.2, 0.25) is 0 Å². The summed E-state index contributed by atoms with van der Waals surface area (Å²) in [6.07, 6.45) is 2.96. The number of halogens is 2. The van der Waals surface area contributed by atoms with Gasteiger partial charge in [0.05, 0.1) is 29.1 Å². The van der Waals surface area contributed by atoms with E-state index in [9.17, 15) is 17.6 Å². The Hall–Kier alpha value is -3.38. The van der Waals surface area contributed by atoms with Crippen molar-refractivity contribution >= 4 is 38.2 Å². The highest BCUT2D eigenvalue weighted by molar-refractivity contribution is 7.92. The maximum absolute atomic E-state index is 15.4. The Morgan fingerprint density at radius 1 is 1.21 bits per heavy atom. The lowest BCUT2D eigenvalue weighted by atomic mass is 9.63. The minimum absolute atomic E-state index is 0.0584. The zero-order valence-corrected chi connectivity index (χ0v) is 22.3. The molecule has 0 atom stereocenters. The second-order valence-corrected chi connectivity index (χ2v) is 12.0. The highest BCUT2D eigenvalue weighted by Gasteiger charge is 2.59. The fraction of sp³-hybridized carbons (Fsp3) is 0.423. The lowest BCUT2D eigenvalue weighted by molar-refractivity contribution is -0.128. The number of nitrogens with zero attached hydrogens (tertiary/aromatic N) is 3. The molecule has 202 valence electrons. The Kier molecular flexibility index (Phi) is 6.50. The third-order valence-corrected chi connectivity index (χ3v) is 7.57. The van der Waals surface area contributed by atoms with Gasteiger partial charge in [-0.05, 0) is 25.0 Å². The van der Waals surface area contributed by atoms with Gasteiger partial charge < -0.3 is 15.0 Å². The SMILES string of the molecule is CC(C)NCCOc1ncc(-c2cc3c4c(cnc3cc2F)N(C)C(=O)C42CC(F)C2)cc1NS(C)(=O)=O. The number of fused-ring (bicyclic) bond motifs is 4. The first-order valence-corrected chi connectivity index (χ1v) is 14.2. The van der Waals surface area contributed by atoms with Crippen LogP contribution in [0.4, 0.5) is 20.2 Å². The summed E-state index contributed by atoms with van der Waals surface area (Å²) in [7, 11) is -2.07. The zero-order chi connectivity index (χ0) is 27.4. The van der Waals surface area contributed by atoms with Gasteiger partial charge in [-0.3, -0.25) is 14.5 Å². The number of alkyl halides is 1. The number of ether oxygens (including phenoxy) is 1. The number of hydrogen-bond acceptors (Lipinski definition) is 7. The zero-order valence-electron chi connectivity index (χ0n) is 21.5. The number of pyridine rings is 2. The Morgan fingerprint density at radius 2 is 1.95 bits per heavy atom. The maximum Gasteiger partial charge on any atom is 0.238 e. The molecule has 1 amide bonds. The molecule has 2 aromatic heterocycles. The van der Waals surface area contributed by atoms with Crippen LogP contribution in [0.1, 0.15) is 32.3 Å². The van der Waals surface area contributed by atoms with Crippen LogP contribution in [0, 0.1) is 5.82 Å². The molecule has 38 heavy (non-hydrogen) atoms. The molecule has 9 nitrogen and oxygen atoms in total. The number of anilines is 2. The molecule has 2 N–H and O–H groups in total. The maximum atomic E-state index is 15.4. The summed E-state index contributed by atoms with van der Waals surface area (Å²) in [5, 5.41) is 3.74. The molecule has 1 fully saturated rings. The first-order valence-electron chi connectivity index (χ1n) is 12.3. The van der Waals surface area contributed by atoms with Gasteiger partial charge in [-0.15, -0.1) is 0 Å². The van der Waals surface area contributed by atoms with Gasteiger partial charge in [0.25, 0.3) is 0 Å². The molecule has 3 heterocycles. The summed E-state index contributed by atoms with van der Waals surface area (Å²) in [5.41, 5.74) is 1.06. The molecule has 1 saturated carbocycles. The number of sulfonamides is 1. The molecule has 1 aliphatic heterocycles. The van der Waals surface area contributed by atoms with Crippen LogP contribution in [0.5, 0.6) is 5.88 Å². The van der Waals surface area contributed by atoms with Gasteiger partial charge in [0.2, 0.25) is 21.8 Å². The second-order valence-electron chi connectivity index (χ2n) is 10.2. The van der Waals surface area contributed by atoms with Crippen LogP contribution in [0.25, 0.3) is 22.0 Å². The number of carbonyl (C=O) groups excluding carboxylic acids is 1. The van der Waals surface area contributed by atoms with E-state index >= 15 is 4.39 Å². The molecule has 0 unspecified atom stereocenters. The lowest BCUT2D eigenvalue weighted by Gasteiger charge is -2.40. The predicted octanol–water partition coefficient (Wildman–Crippen LogP) is 3.53. The molecule has 0 radical (unpaired) electrons. The van der Waals surface area contributed by atoms with E-state index in [4.69, 9.17) is 4.74 Å². The number of hydrogen-bond donors (Lipinski definition) is 2. The van der Waals surface area contributed by atoms with E-state index in [1.54, 1.807) is 13.1 Å². The number of likely N-dealkylation sites (N-methyl/N-ethyl adjacent to an activating group) is 1. The van der Waals surface area contributed by atoms with Gasteiger partial charge in [0, 0.05) is 54.0 Å². The third-order valence-electron chi connectivity index (χ3n) is 6.98. The number of benzene rings is 1. The molecule has 1 aromatic carbocycles. The van der Waals surface area contributed by atoms with Crippen LogP contribution in [-0.4, -0.2) is 63.0 Å². The van der Waals surface area contributed by atoms with Crippen molar-refractivity contribution in [1.82, 2.24) is 15.3 Å². The van der Waals surface area contributed by atoms with Crippen molar-refractivity contribution in [3.05, 3.63) is 42.0 Å². The fourth-order valence-electron chi connectivity index (χ4n) is 5.28. The van der Waals surface area contributed by atoms with Gasteiger partial charge in [-0.1, -0.05) is 13.8 Å². The van der Waals surface area contributed by atoms with Gasteiger partial charge in [0.1, 0.15) is 24.3 Å².